The van der Waals surface area contributed by atoms with Crippen molar-refractivity contribution in [1.82, 2.24) is 9.47 Å². The summed E-state index contributed by atoms with van der Waals surface area (Å²) in [5.74, 6) is -1.88. The predicted octanol–water partition coefficient (Wildman–Crippen LogP) is 0.751. The molecule has 1 saturated heterocycles. The molecular weight excluding hydrogens is 316 g/mol. The summed E-state index contributed by atoms with van der Waals surface area (Å²) in [7, 11) is 1.27. The van der Waals surface area contributed by atoms with Crippen molar-refractivity contribution in [3.8, 4) is 5.75 Å². The lowest BCUT2D eigenvalue weighted by Crippen LogP contribution is -2.53. The summed E-state index contributed by atoms with van der Waals surface area (Å²) in [6.45, 7) is 3.32. The van der Waals surface area contributed by atoms with Crippen LogP contribution >= 0.6 is 0 Å². The van der Waals surface area contributed by atoms with Crippen LogP contribution in [0.1, 0.15) is 46.7 Å². The number of carboxylic acids is 1. The number of carbonyl (C=O) groups excluding carboxylic acids is 1. The zero-order valence-electron chi connectivity index (χ0n) is 13.7. The first-order valence-corrected chi connectivity index (χ1v) is 7.96. The second-order valence-electron chi connectivity index (χ2n) is 5.91. The van der Waals surface area contributed by atoms with Crippen LogP contribution in [-0.2, 0) is 4.74 Å². The van der Waals surface area contributed by atoms with Gasteiger partial charge in [0.05, 0.1) is 25.8 Å². The second kappa shape index (κ2) is 6.27. The highest BCUT2D eigenvalue weighted by Crippen LogP contribution is 2.35. The Kier molecular flexibility index (Phi) is 4.31. The standard InChI is InChI=1S/C16H20N2O6/c1-3-17-11-8-24-6-4-5-10(11)18-7-9(16(21)22)13(19)14(23-2)12(18)15(17)20/h7,10-11H,3-6,8H2,1-2H3,(H,21,22)/t10-,11-/m1/s1. The van der Waals surface area contributed by atoms with Gasteiger partial charge in [-0.2, -0.15) is 0 Å². The third kappa shape index (κ3) is 2.37. The van der Waals surface area contributed by atoms with E-state index in [-0.39, 0.29) is 29.4 Å². The summed E-state index contributed by atoms with van der Waals surface area (Å²) in [5, 5.41) is 9.31. The van der Waals surface area contributed by atoms with Gasteiger partial charge in [0.2, 0.25) is 5.43 Å². The number of nitrogens with zero attached hydrogens (tertiary/aromatic N) is 2. The summed E-state index contributed by atoms with van der Waals surface area (Å²) in [6.07, 6.45) is 2.80. The fourth-order valence-electron chi connectivity index (χ4n) is 3.61. The number of hydrogen-bond acceptors (Lipinski definition) is 5. The molecule has 1 amide bonds. The molecular formula is C16H20N2O6. The number of methoxy groups -OCH3 is 1. The first kappa shape index (κ1) is 16.5. The van der Waals surface area contributed by atoms with Gasteiger partial charge in [0.15, 0.2) is 11.4 Å². The summed E-state index contributed by atoms with van der Waals surface area (Å²) < 4.78 is 12.3. The number of pyridine rings is 1. The van der Waals surface area contributed by atoms with E-state index in [1.54, 1.807) is 9.47 Å². The molecule has 0 radical (unpaired) electrons. The Hall–Kier alpha value is -2.35. The lowest BCUT2D eigenvalue weighted by molar-refractivity contribution is 0.0311. The van der Waals surface area contributed by atoms with E-state index in [1.165, 1.54) is 13.3 Å². The van der Waals surface area contributed by atoms with Gasteiger partial charge >= 0.3 is 5.97 Å². The van der Waals surface area contributed by atoms with Gasteiger partial charge in [-0.1, -0.05) is 0 Å². The molecule has 0 saturated carbocycles. The number of likely N-dealkylation sites (N-methyl/N-ethyl adjacent to an activating group) is 1. The van der Waals surface area contributed by atoms with E-state index >= 15 is 0 Å². The largest absolute Gasteiger partial charge is 0.491 e. The van der Waals surface area contributed by atoms with Gasteiger partial charge in [0.1, 0.15) is 5.56 Å². The zero-order valence-corrected chi connectivity index (χ0v) is 13.7. The molecule has 0 spiro atoms. The Balaban J connectivity index is 2.29. The number of amides is 1. The van der Waals surface area contributed by atoms with Crippen LogP contribution in [0.5, 0.6) is 5.75 Å². The zero-order chi connectivity index (χ0) is 17.4. The second-order valence-corrected chi connectivity index (χ2v) is 5.91. The number of aromatic nitrogens is 1. The highest BCUT2D eigenvalue weighted by molar-refractivity contribution is 5.98. The van der Waals surface area contributed by atoms with Gasteiger partial charge in [-0.25, -0.2) is 4.79 Å². The molecule has 8 heteroatoms. The van der Waals surface area contributed by atoms with E-state index in [2.05, 4.69) is 0 Å². The topological polar surface area (TPSA) is 98.1 Å². The Bertz CT molecular complexity index is 741. The van der Waals surface area contributed by atoms with Crippen LogP contribution < -0.4 is 10.2 Å². The van der Waals surface area contributed by atoms with Crippen LogP contribution in [0.3, 0.4) is 0 Å². The van der Waals surface area contributed by atoms with Gasteiger partial charge in [-0.05, 0) is 19.8 Å². The molecule has 8 nitrogen and oxygen atoms in total. The number of carbonyl (C=O) groups is 2. The van der Waals surface area contributed by atoms with E-state index in [4.69, 9.17) is 9.47 Å². The summed E-state index contributed by atoms with van der Waals surface area (Å²) in [5.41, 5.74) is -1.04. The highest BCUT2D eigenvalue weighted by Gasteiger charge is 2.42. The molecule has 2 aliphatic rings. The van der Waals surface area contributed by atoms with Crippen molar-refractivity contribution in [3.63, 3.8) is 0 Å². The third-order valence-corrected chi connectivity index (χ3v) is 4.71. The number of rotatable bonds is 3. The average Bonchev–Trinajstić information content (AvgIpc) is 2.80. The van der Waals surface area contributed by atoms with Crippen LogP contribution in [0.4, 0.5) is 0 Å². The Morgan fingerprint density at radius 2 is 2.17 bits per heavy atom. The summed E-state index contributed by atoms with van der Waals surface area (Å²) in [4.78, 5) is 38.4. The lowest BCUT2D eigenvalue weighted by Gasteiger charge is -2.42. The van der Waals surface area contributed by atoms with Crippen LogP contribution in [0.25, 0.3) is 0 Å². The van der Waals surface area contributed by atoms with E-state index < -0.39 is 17.0 Å². The van der Waals surface area contributed by atoms with Crippen molar-refractivity contribution in [3.05, 3.63) is 27.7 Å². The first-order valence-electron chi connectivity index (χ1n) is 7.96. The molecule has 0 aromatic carbocycles. The number of ether oxygens (including phenoxy) is 2. The van der Waals surface area contributed by atoms with Crippen molar-refractivity contribution < 1.29 is 24.2 Å². The third-order valence-electron chi connectivity index (χ3n) is 4.71. The molecule has 1 N–H and O–H groups in total. The minimum Gasteiger partial charge on any atom is -0.491 e. The normalized spacial score (nSPS) is 23.2. The van der Waals surface area contributed by atoms with Crippen LogP contribution in [0, 0.1) is 0 Å². The van der Waals surface area contributed by atoms with Crippen molar-refractivity contribution >= 4 is 11.9 Å². The predicted molar refractivity (Wildman–Crippen MR) is 83.8 cm³/mol. The lowest BCUT2D eigenvalue weighted by atomic mass is 9.97. The molecule has 1 aromatic heterocycles. The van der Waals surface area contributed by atoms with Gasteiger partial charge in [0, 0.05) is 19.3 Å². The molecule has 3 rings (SSSR count). The number of fused-ring (bicyclic) bond motifs is 3. The summed E-state index contributed by atoms with van der Waals surface area (Å²) >= 11 is 0. The Morgan fingerprint density at radius 1 is 1.42 bits per heavy atom. The van der Waals surface area contributed by atoms with Crippen molar-refractivity contribution in [2.75, 3.05) is 26.9 Å². The monoisotopic (exact) mass is 336 g/mol. The van der Waals surface area contributed by atoms with Gasteiger partial charge in [-0.15, -0.1) is 0 Å². The molecule has 0 unspecified atom stereocenters. The highest BCUT2D eigenvalue weighted by atomic mass is 16.5. The SMILES string of the molecule is CCN1C(=O)c2c(OC)c(=O)c(C(=O)O)cn2[C@@H]2CCCOC[C@H]21. The Morgan fingerprint density at radius 3 is 2.79 bits per heavy atom. The number of aromatic carboxylic acids is 1. The quantitative estimate of drug-likeness (QED) is 0.875. The minimum atomic E-state index is -1.33. The van der Waals surface area contributed by atoms with Crippen LogP contribution in [0.2, 0.25) is 0 Å². The molecule has 2 aliphatic heterocycles. The maximum atomic E-state index is 12.9. The number of carboxylic acid groups (broad SMARTS) is 1. The molecule has 0 bridgehead atoms. The maximum Gasteiger partial charge on any atom is 0.341 e. The first-order chi connectivity index (χ1) is 11.5. The molecule has 2 atom stereocenters. The van der Waals surface area contributed by atoms with E-state index in [0.717, 1.165) is 12.8 Å². The molecule has 24 heavy (non-hydrogen) atoms. The van der Waals surface area contributed by atoms with Gasteiger partial charge in [0.25, 0.3) is 5.91 Å². The van der Waals surface area contributed by atoms with E-state index in [1.807, 2.05) is 6.92 Å². The van der Waals surface area contributed by atoms with Crippen molar-refractivity contribution in [1.29, 1.82) is 0 Å². The summed E-state index contributed by atoms with van der Waals surface area (Å²) in [6, 6.07) is -0.334. The number of hydrogen-bond donors (Lipinski definition) is 1. The van der Waals surface area contributed by atoms with Crippen LogP contribution in [-0.4, -0.2) is 59.4 Å². The van der Waals surface area contributed by atoms with Crippen molar-refractivity contribution in [2.45, 2.75) is 31.8 Å². The molecule has 1 fully saturated rings. The van der Waals surface area contributed by atoms with E-state index in [9.17, 15) is 19.5 Å². The molecule has 1 aromatic rings. The Labute approximate surface area is 138 Å². The molecule has 3 heterocycles. The smallest absolute Gasteiger partial charge is 0.341 e. The fraction of sp³-hybridized carbons (Fsp3) is 0.562. The van der Waals surface area contributed by atoms with E-state index in [0.29, 0.717) is 19.8 Å². The van der Waals surface area contributed by atoms with Gasteiger partial charge in [-0.3, -0.25) is 9.59 Å². The fourth-order valence-corrected chi connectivity index (χ4v) is 3.61. The molecule has 130 valence electrons. The average molecular weight is 336 g/mol. The van der Waals surface area contributed by atoms with Crippen LogP contribution in [0.15, 0.2) is 11.0 Å². The van der Waals surface area contributed by atoms with Crippen molar-refractivity contribution in [2.24, 2.45) is 0 Å². The van der Waals surface area contributed by atoms with Gasteiger partial charge < -0.3 is 24.0 Å². The maximum absolute atomic E-state index is 12.9. The molecule has 0 aliphatic carbocycles. The minimum absolute atomic E-state index is 0.123.